The van der Waals surface area contributed by atoms with Gasteiger partial charge < -0.3 is 28.3 Å². The van der Waals surface area contributed by atoms with E-state index in [2.05, 4.69) is 465 Å². The molecule has 6 heterocycles. The van der Waals surface area contributed by atoms with Crippen molar-refractivity contribution in [3.8, 4) is 118 Å². The number of fused-ring (bicyclic) bond motifs is 15. The Morgan fingerprint density at radius 3 is 1.18 bits per heavy atom. The second-order valence-corrected chi connectivity index (χ2v) is 38.2. The van der Waals surface area contributed by atoms with E-state index in [0.29, 0.717) is 5.75 Å². The van der Waals surface area contributed by atoms with Gasteiger partial charge in [-0.1, -0.05) is 360 Å². The van der Waals surface area contributed by atoms with Gasteiger partial charge in [0.25, 0.3) is 13.4 Å². The molecular formula is C120H91B2N3O3. The molecule has 0 saturated carbocycles. The summed E-state index contributed by atoms with van der Waals surface area (Å²) in [6.07, 6.45) is 0. The molecule has 0 saturated heterocycles. The Morgan fingerprint density at radius 1 is 0.242 bits per heavy atom. The van der Waals surface area contributed by atoms with Crippen LogP contribution in [0.1, 0.15) is 79.0 Å². The van der Waals surface area contributed by atoms with Gasteiger partial charge >= 0.3 is 0 Å². The van der Waals surface area contributed by atoms with Crippen molar-refractivity contribution in [3.63, 3.8) is 0 Å². The summed E-state index contributed by atoms with van der Waals surface area (Å²) in [7, 11) is 0. The predicted octanol–water partition coefficient (Wildman–Crippen LogP) is 28.7. The van der Waals surface area contributed by atoms with Crippen LogP contribution in [0, 0.1) is 0 Å². The lowest BCUT2D eigenvalue weighted by atomic mass is 9.30. The second kappa shape index (κ2) is 29.2. The van der Waals surface area contributed by atoms with E-state index in [0.717, 1.165) is 201 Å². The number of furan rings is 1. The fourth-order valence-electron chi connectivity index (χ4n) is 20.9. The van der Waals surface area contributed by atoms with Crippen molar-refractivity contribution in [2.75, 3.05) is 9.80 Å². The SMILES string of the molecule is CC(C)(C)c1cc(-c2ccccc2)c(N2c3cc(-c4ccc(-n5c6ccccc6c6ccccc65)cc4)ccc3B3c4c2cc(C(C)(C)C)cc4N(c2c(-c4ccccc4)cc(C(C)(C)C)cc2-c2ccccc2)c2cc4c5c(c23)Oc2cc(-c3ccccc3)ccc2B5c2cc(-c3ccccc3)cc(-c3cccc5c3oc3ccccc35)c2O4)c(-c2ccccc2)c1. The molecule has 0 fully saturated rings. The minimum Gasteiger partial charge on any atom is -0.459 e. The van der Waals surface area contributed by atoms with Crippen molar-refractivity contribution in [2.24, 2.45) is 0 Å². The van der Waals surface area contributed by atoms with Crippen molar-refractivity contribution in [3.05, 3.63) is 405 Å². The molecule has 0 aliphatic carbocycles. The number of hydrogen-bond donors (Lipinski definition) is 0. The molecule has 0 bridgehead atoms. The Kier molecular flexibility index (Phi) is 17.5. The first kappa shape index (κ1) is 76.5. The Labute approximate surface area is 748 Å². The number of aromatic nitrogens is 1. The number of ether oxygens (including phenoxy) is 2. The first-order chi connectivity index (χ1) is 62.4. The molecule has 4 aliphatic heterocycles. The molecule has 8 heteroatoms. The summed E-state index contributed by atoms with van der Waals surface area (Å²) in [5, 5.41) is 4.56. The van der Waals surface area contributed by atoms with Gasteiger partial charge in [0, 0.05) is 94.9 Å². The Balaban J connectivity index is 0.865. The predicted molar refractivity (Wildman–Crippen MR) is 539 cm³/mol. The van der Waals surface area contributed by atoms with Gasteiger partial charge in [0.15, 0.2) is 0 Å². The third kappa shape index (κ3) is 12.3. The van der Waals surface area contributed by atoms with Crippen LogP contribution in [0.25, 0.3) is 138 Å². The highest BCUT2D eigenvalue weighted by atomic mass is 16.5. The third-order valence-corrected chi connectivity index (χ3v) is 27.3. The van der Waals surface area contributed by atoms with E-state index >= 15 is 0 Å². The zero-order valence-corrected chi connectivity index (χ0v) is 73.2. The highest BCUT2D eigenvalue weighted by Gasteiger charge is 2.52. The molecule has 0 unspecified atom stereocenters. The smallest absolute Gasteiger partial charge is 0.260 e. The maximum atomic E-state index is 8.46. The number of anilines is 6. The van der Waals surface area contributed by atoms with E-state index in [1.165, 1.54) is 38.5 Å². The standard InChI is InChI=1S/C120H91B2N3O3/c1-118(2,3)84-67-93(77-39-20-12-21-40-77)113(94(68-84)78-41-22-13-23-42-78)124-103-65-81(76-55-59-87(60-56-76)123-101-52-31-28-47-88(101)89-48-29-32-53-102(89)123)57-61-98(103)122-110-104(124)71-86(120(7,8)9)72-105(110)125(114-95(79-43-24-14-25-44-79)69-85(119(4,5)6)70-96(114)80-45-26-15-27-46-80)106-73-109-112-117(111(106)122)127-108-66-82(74-35-16-10-17-36-74)58-62-99(108)121(112)100-64-83(75-37-18-11-19-38-75)63-97(116(100)128-109)92-51-34-50-91-90-49-30-33-54-107(90)126-115(91)92/h10-73H,1-9H3. The van der Waals surface area contributed by atoms with Crippen LogP contribution < -0.4 is 52.1 Å². The Bertz CT molecular complexity index is 7740. The highest BCUT2D eigenvalue weighted by Crippen LogP contribution is 2.58. The molecule has 128 heavy (non-hydrogen) atoms. The minimum absolute atomic E-state index is 0.254. The third-order valence-electron chi connectivity index (χ3n) is 27.3. The van der Waals surface area contributed by atoms with Gasteiger partial charge in [-0.05, 0) is 201 Å². The van der Waals surface area contributed by atoms with Crippen molar-refractivity contribution in [2.45, 2.75) is 78.6 Å². The molecule has 2 aromatic heterocycles. The summed E-state index contributed by atoms with van der Waals surface area (Å²) in [6, 6.07) is 145. The van der Waals surface area contributed by atoms with Gasteiger partial charge in [-0.15, -0.1) is 0 Å². The van der Waals surface area contributed by atoms with E-state index in [9.17, 15) is 0 Å². The van der Waals surface area contributed by atoms with Crippen molar-refractivity contribution in [1.29, 1.82) is 0 Å². The van der Waals surface area contributed by atoms with Crippen molar-refractivity contribution in [1.82, 2.24) is 4.57 Å². The molecule has 20 aromatic rings. The number of para-hydroxylation sites is 4. The van der Waals surface area contributed by atoms with Crippen LogP contribution in [-0.4, -0.2) is 18.0 Å². The van der Waals surface area contributed by atoms with Gasteiger partial charge in [-0.2, -0.15) is 0 Å². The first-order valence-electron chi connectivity index (χ1n) is 44.9. The number of nitrogens with zero attached hydrogens (tertiary/aromatic N) is 3. The molecule has 610 valence electrons. The first-order valence-corrected chi connectivity index (χ1v) is 44.9. The van der Waals surface area contributed by atoms with Gasteiger partial charge in [0.1, 0.15) is 34.2 Å². The van der Waals surface area contributed by atoms with Crippen LogP contribution in [0.4, 0.5) is 34.1 Å². The molecule has 0 N–H and O–H groups in total. The lowest BCUT2D eigenvalue weighted by Gasteiger charge is -2.48. The van der Waals surface area contributed by atoms with Gasteiger partial charge in [0.05, 0.1) is 22.4 Å². The van der Waals surface area contributed by atoms with E-state index in [4.69, 9.17) is 13.9 Å². The summed E-state index contributed by atoms with van der Waals surface area (Å²) in [4.78, 5) is 5.41. The molecule has 24 rings (SSSR count). The monoisotopic (exact) mass is 1640 g/mol. The maximum absolute atomic E-state index is 8.46. The normalized spacial score (nSPS) is 13.1. The molecule has 0 atom stereocenters. The van der Waals surface area contributed by atoms with Crippen LogP contribution in [-0.2, 0) is 16.2 Å². The fourth-order valence-corrected chi connectivity index (χ4v) is 20.9. The summed E-state index contributed by atoms with van der Waals surface area (Å²) in [5.41, 5.74) is 37.6. The molecule has 0 amide bonds. The van der Waals surface area contributed by atoms with E-state index < -0.39 is 18.8 Å². The lowest BCUT2D eigenvalue weighted by Crippen LogP contribution is -2.65. The van der Waals surface area contributed by atoms with E-state index in [1.54, 1.807) is 0 Å². The highest BCUT2D eigenvalue weighted by molar-refractivity contribution is 7.03. The van der Waals surface area contributed by atoms with Gasteiger partial charge in [-0.3, -0.25) is 0 Å². The van der Waals surface area contributed by atoms with Crippen LogP contribution in [0.15, 0.2) is 393 Å². The van der Waals surface area contributed by atoms with Crippen molar-refractivity contribution >= 4 is 124 Å². The average Bonchev–Trinajstić information content (AvgIpc) is 0.761. The Hall–Kier alpha value is -15.1. The summed E-state index contributed by atoms with van der Waals surface area (Å²) in [5.74, 6) is 3.03. The van der Waals surface area contributed by atoms with Crippen molar-refractivity contribution < 1.29 is 13.9 Å². The van der Waals surface area contributed by atoms with Crippen LogP contribution in [0.5, 0.6) is 23.0 Å². The molecule has 0 spiro atoms. The summed E-state index contributed by atoms with van der Waals surface area (Å²) >= 11 is 0. The van der Waals surface area contributed by atoms with Gasteiger partial charge in [-0.25, -0.2) is 0 Å². The molecule has 6 nitrogen and oxygen atoms in total. The lowest BCUT2D eigenvalue weighted by molar-refractivity contribution is 0.468. The summed E-state index contributed by atoms with van der Waals surface area (Å²) < 4.78 is 26.3. The summed E-state index contributed by atoms with van der Waals surface area (Å²) in [6.45, 7) is 20.4. The second-order valence-electron chi connectivity index (χ2n) is 38.2. The number of benzene rings is 18. The number of rotatable bonds is 11. The minimum atomic E-state index is -0.500. The largest absolute Gasteiger partial charge is 0.459 e. The van der Waals surface area contributed by atoms with Crippen LogP contribution in [0.2, 0.25) is 0 Å². The van der Waals surface area contributed by atoms with Crippen LogP contribution in [0.3, 0.4) is 0 Å². The number of hydrogen-bond acceptors (Lipinski definition) is 5. The van der Waals surface area contributed by atoms with Gasteiger partial charge in [0.2, 0.25) is 0 Å². The molecule has 4 aliphatic rings. The zero-order valence-electron chi connectivity index (χ0n) is 73.2. The van der Waals surface area contributed by atoms with E-state index in [-0.39, 0.29) is 10.8 Å². The fraction of sp³-hybridized carbons (Fsp3) is 0.100. The zero-order chi connectivity index (χ0) is 86.2. The molecule has 0 radical (unpaired) electrons. The van der Waals surface area contributed by atoms with E-state index in [1.807, 2.05) is 0 Å². The quantitative estimate of drug-likeness (QED) is 0.121. The maximum Gasteiger partial charge on any atom is 0.260 e. The molecular weight excluding hydrogens is 1550 g/mol. The van der Waals surface area contributed by atoms with Crippen LogP contribution >= 0.6 is 0 Å². The molecule has 18 aromatic carbocycles. The Morgan fingerprint density at radius 2 is 0.656 bits per heavy atom. The average molecular weight is 1640 g/mol. The topological polar surface area (TPSA) is 43.0 Å².